The van der Waals surface area contributed by atoms with Gasteiger partial charge in [0.05, 0.1) is 17.7 Å². The van der Waals surface area contributed by atoms with E-state index in [0.29, 0.717) is 0 Å². The van der Waals surface area contributed by atoms with E-state index in [4.69, 9.17) is 0 Å². The van der Waals surface area contributed by atoms with Gasteiger partial charge >= 0.3 is 0 Å². The van der Waals surface area contributed by atoms with E-state index in [2.05, 4.69) is 39.1 Å². The minimum atomic E-state index is 0.791. The summed E-state index contributed by atoms with van der Waals surface area (Å²) in [6, 6.07) is 2.01. The van der Waals surface area contributed by atoms with Crippen molar-refractivity contribution in [1.82, 2.24) is 15.0 Å². The molecule has 114 valence electrons. The number of anilines is 2. The minimum Gasteiger partial charge on any atom is -0.370 e. The van der Waals surface area contributed by atoms with Crippen molar-refractivity contribution in [3.05, 3.63) is 22.1 Å². The molecule has 1 N–H and O–H groups in total. The number of thiazole rings is 1. The van der Waals surface area contributed by atoms with Crippen LogP contribution in [0.15, 0.2) is 16.7 Å². The standard InChI is InChI=1S/C14H21N5S2/c1-5-6-15-12-7-13(18-14(17-12)20-4)19(3)8-11-10(2)16-9-21-11/h7,9H,5-6,8H2,1-4H3,(H,15,17,18). The number of aryl methyl sites for hydroxylation is 1. The van der Waals surface area contributed by atoms with Crippen LogP contribution in [0.4, 0.5) is 11.6 Å². The molecule has 0 fully saturated rings. The van der Waals surface area contributed by atoms with Crippen LogP contribution >= 0.6 is 23.1 Å². The molecular weight excluding hydrogens is 302 g/mol. The maximum absolute atomic E-state index is 4.59. The molecule has 2 aromatic heterocycles. The summed E-state index contributed by atoms with van der Waals surface area (Å²) in [6.45, 7) is 5.92. The highest BCUT2D eigenvalue weighted by Crippen LogP contribution is 2.22. The molecule has 0 radical (unpaired) electrons. The lowest BCUT2D eigenvalue weighted by atomic mass is 10.3. The Kier molecular flexibility index (Phi) is 5.81. The van der Waals surface area contributed by atoms with Crippen LogP contribution in [-0.2, 0) is 6.54 Å². The molecule has 0 saturated carbocycles. The molecule has 2 rings (SSSR count). The SMILES string of the molecule is CCCNc1cc(N(C)Cc2scnc2C)nc(SC)n1. The molecule has 0 aliphatic heterocycles. The van der Waals surface area contributed by atoms with Crippen LogP contribution in [0, 0.1) is 6.92 Å². The van der Waals surface area contributed by atoms with E-state index in [-0.39, 0.29) is 0 Å². The second-order valence-electron chi connectivity index (χ2n) is 4.74. The monoisotopic (exact) mass is 323 g/mol. The van der Waals surface area contributed by atoms with Gasteiger partial charge in [0.2, 0.25) is 0 Å². The first-order valence-corrected chi connectivity index (χ1v) is 9.01. The van der Waals surface area contributed by atoms with Gasteiger partial charge in [0.15, 0.2) is 5.16 Å². The zero-order valence-electron chi connectivity index (χ0n) is 12.9. The first kappa shape index (κ1) is 16.0. The molecule has 0 spiro atoms. The second-order valence-corrected chi connectivity index (χ2v) is 6.45. The number of nitrogens with one attached hydrogen (secondary N) is 1. The smallest absolute Gasteiger partial charge is 0.191 e. The fourth-order valence-electron chi connectivity index (χ4n) is 1.82. The fourth-order valence-corrected chi connectivity index (χ4v) is 3.02. The Bertz CT molecular complexity index is 584. The second kappa shape index (κ2) is 7.61. The summed E-state index contributed by atoms with van der Waals surface area (Å²) in [5, 5.41) is 4.12. The highest BCUT2D eigenvalue weighted by Gasteiger charge is 2.11. The van der Waals surface area contributed by atoms with Crippen LogP contribution in [0.25, 0.3) is 0 Å². The summed E-state index contributed by atoms with van der Waals surface area (Å²) >= 11 is 3.24. The first-order valence-electron chi connectivity index (χ1n) is 6.91. The molecule has 0 bridgehead atoms. The molecule has 7 heteroatoms. The van der Waals surface area contributed by atoms with Gasteiger partial charge in [-0.25, -0.2) is 15.0 Å². The fraction of sp³-hybridized carbons (Fsp3) is 0.500. The largest absolute Gasteiger partial charge is 0.370 e. The van der Waals surface area contributed by atoms with E-state index in [1.807, 2.05) is 24.8 Å². The molecule has 2 aromatic rings. The summed E-state index contributed by atoms with van der Waals surface area (Å²) in [4.78, 5) is 16.8. The topological polar surface area (TPSA) is 53.9 Å². The number of nitrogens with zero attached hydrogens (tertiary/aromatic N) is 4. The number of hydrogen-bond acceptors (Lipinski definition) is 7. The number of thioether (sulfide) groups is 1. The Morgan fingerprint density at radius 3 is 2.81 bits per heavy atom. The van der Waals surface area contributed by atoms with Gasteiger partial charge in [-0.05, 0) is 19.6 Å². The molecule has 0 aliphatic rings. The maximum Gasteiger partial charge on any atom is 0.191 e. The van der Waals surface area contributed by atoms with E-state index in [0.717, 1.165) is 42.0 Å². The number of rotatable bonds is 7. The van der Waals surface area contributed by atoms with Gasteiger partial charge in [0.1, 0.15) is 11.6 Å². The van der Waals surface area contributed by atoms with Gasteiger partial charge in [-0.3, -0.25) is 0 Å². The number of hydrogen-bond donors (Lipinski definition) is 1. The maximum atomic E-state index is 4.59. The molecular formula is C14H21N5S2. The summed E-state index contributed by atoms with van der Waals surface area (Å²) in [5.41, 5.74) is 2.98. The Balaban J connectivity index is 2.18. The van der Waals surface area contributed by atoms with E-state index >= 15 is 0 Å². The van der Waals surface area contributed by atoms with Crippen molar-refractivity contribution in [2.45, 2.75) is 32.0 Å². The average molecular weight is 323 g/mol. The zero-order valence-corrected chi connectivity index (χ0v) is 14.5. The minimum absolute atomic E-state index is 0.791. The summed E-state index contributed by atoms with van der Waals surface area (Å²) < 4.78 is 0. The molecule has 2 heterocycles. The lowest BCUT2D eigenvalue weighted by Gasteiger charge is -2.19. The van der Waals surface area contributed by atoms with Crippen LogP contribution in [0.3, 0.4) is 0 Å². The predicted octanol–water partition coefficient (Wildman–Crippen LogP) is 3.42. The third-order valence-electron chi connectivity index (χ3n) is 3.05. The molecule has 0 atom stereocenters. The molecule has 5 nitrogen and oxygen atoms in total. The Labute approximate surface area is 134 Å². The Morgan fingerprint density at radius 2 is 2.19 bits per heavy atom. The van der Waals surface area contributed by atoms with Gasteiger partial charge in [0.25, 0.3) is 0 Å². The normalized spacial score (nSPS) is 10.7. The molecule has 0 aliphatic carbocycles. The number of aromatic nitrogens is 3. The van der Waals surface area contributed by atoms with Gasteiger partial charge < -0.3 is 10.2 Å². The van der Waals surface area contributed by atoms with Crippen molar-refractivity contribution < 1.29 is 0 Å². The van der Waals surface area contributed by atoms with Crippen LogP contribution in [-0.4, -0.2) is 34.8 Å². The summed E-state index contributed by atoms with van der Waals surface area (Å²) in [6.07, 6.45) is 3.07. The van der Waals surface area contributed by atoms with Crippen LogP contribution < -0.4 is 10.2 Å². The van der Waals surface area contributed by atoms with Crippen molar-refractivity contribution in [3.8, 4) is 0 Å². The van der Waals surface area contributed by atoms with Crippen LogP contribution in [0.5, 0.6) is 0 Å². The van der Waals surface area contributed by atoms with Crippen LogP contribution in [0.1, 0.15) is 23.9 Å². The zero-order chi connectivity index (χ0) is 15.2. The molecule has 0 aromatic carbocycles. The van der Waals surface area contributed by atoms with Gasteiger partial charge in [-0.2, -0.15) is 0 Å². The van der Waals surface area contributed by atoms with Crippen molar-refractivity contribution in [2.75, 3.05) is 30.1 Å². The molecule has 0 amide bonds. The highest BCUT2D eigenvalue weighted by atomic mass is 32.2. The highest BCUT2D eigenvalue weighted by molar-refractivity contribution is 7.98. The predicted molar refractivity (Wildman–Crippen MR) is 91.6 cm³/mol. The summed E-state index contributed by atoms with van der Waals surface area (Å²) in [5.74, 6) is 1.82. The third-order valence-corrected chi connectivity index (χ3v) is 4.52. The van der Waals surface area contributed by atoms with E-state index < -0.39 is 0 Å². The van der Waals surface area contributed by atoms with Crippen molar-refractivity contribution in [2.24, 2.45) is 0 Å². The lowest BCUT2D eigenvalue weighted by molar-refractivity contribution is 0.855. The van der Waals surface area contributed by atoms with E-state index in [1.54, 1.807) is 23.1 Å². The van der Waals surface area contributed by atoms with E-state index in [1.165, 1.54) is 4.88 Å². The quantitative estimate of drug-likeness (QED) is 0.622. The van der Waals surface area contributed by atoms with Crippen molar-refractivity contribution in [1.29, 1.82) is 0 Å². The molecule has 21 heavy (non-hydrogen) atoms. The Morgan fingerprint density at radius 1 is 1.38 bits per heavy atom. The van der Waals surface area contributed by atoms with Crippen molar-refractivity contribution in [3.63, 3.8) is 0 Å². The third kappa shape index (κ3) is 4.31. The van der Waals surface area contributed by atoms with E-state index in [9.17, 15) is 0 Å². The average Bonchev–Trinajstić information content (AvgIpc) is 2.90. The summed E-state index contributed by atoms with van der Waals surface area (Å²) in [7, 11) is 2.05. The Hall–Kier alpha value is -1.34. The van der Waals surface area contributed by atoms with Gasteiger partial charge in [0, 0.05) is 24.5 Å². The molecule has 0 unspecified atom stereocenters. The van der Waals surface area contributed by atoms with Gasteiger partial charge in [-0.1, -0.05) is 18.7 Å². The lowest BCUT2D eigenvalue weighted by Crippen LogP contribution is -2.18. The first-order chi connectivity index (χ1) is 10.1. The van der Waals surface area contributed by atoms with Crippen molar-refractivity contribution >= 4 is 34.7 Å². The van der Waals surface area contributed by atoms with Gasteiger partial charge in [-0.15, -0.1) is 11.3 Å². The molecule has 0 saturated heterocycles. The van der Waals surface area contributed by atoms with Crippen LogP contribution in [0.2, 0.25) is 0 Å².